The second-order valence-electron chi connectivity index (χ2n) is 10.1. The van der Waals surface area contributed by atoms with Crippen molar-refractivity contribution in [3.63, 3.8) is 0 Å². The Morgan fingerprint density at radius 2 is 1.85 bits per heavy atom. The number of H-pyrrole nitrogens is 1. The lowest BCUT2D eigenvalue weighted by atomic mass is 10.1. The number of rotatable bonds is 6. The molecule has 0 aliphatic carbocycles. The second kappa shape index (κ2) is 11.0. The van der Waals surface area contributed by atoms with Gasteiger partial charge >= 0.3 is 0 Å². The van der Waals surface area contributed by atoms with E-state index >= 15 is 0 Å². The number of piperazine rings is 1. The Hall–Kier alpha value is -3.19. The van der Waals surface area contributed by atoms with Crippen molar-refractivity contribution in [3.05, 3.63) is 57.8 Å². The third-order valence-electron chi connectivity index (χ3n) is 7.32. The van der Waals surface area contributed by atoms with Gasteiger partial charge in [-0.15, -0.1) is 11.3 Å². The Morgan fingerprint density at radius 3 is 2.55 bits per heavy atom. The summed E-state index contributed by atoms with van der Waals surface area (Å²) in [6, 6.07) is 12.9. The van der Waals surface area contributed by atoms with Gasteiger partial charge < -0.3 is 20.4 Å². The van der Waals surface area contributed by atoms with Crippen LogP contribution in [0.1, 0.15) is 12.8 Å². The first-order valence-corrected chi connectivity index (χ1v) is 16.3. The van der Waals surface area contributed by atoms with Crippen LogP contribution in [-0.2, 0) is 9.84 Å². The highest BCUT2D eigenvalue weighted by Crippen LogP contribution is 2.33. The monoisotopic (exact) mass is 599 g/mol. The zero-order chi connectivity index (χ0) is 27.9. The Morgan fingerprint density at radius 1 is 1.07 bits per heavy atom. The van der Waals surface area contributed by atoms with Gasteiger partial charge in [0.15, 0.2) is 9.84 Å². The molecule has 6 rings (SSSR count). The van der Waals surface area contributed by atoms with Crippen molar-refractivity contribution < 1.29 is 8.42 Å². The van der Waals surface area contributed by atoms with E-state index in [1.165, 1.54) is 23.7 Å². The number of hydrogen-bond donors (Lipinski definition) is 3. The maximum atomic E-state index is 13.6. The first-order chi connectivity index (χ1) is 19.3. The quantitative estimate of drug-likeness (QED) is 0.305. The highest BCUT2D eigenvalue weighted by Gasteiger charge is 2.26. The van der Waals surface area contributed by atoms with Crippen LogP contribution in [0.4, 0.5) is 17.5 Å². The summed E-state index contributed by atoms with van der Waals surface area (Å²) in [5, 5.41) is 8.00. The lowest BCUT2D eigenvalue weighted by molar-refractivity contribution is 0.479. The molecule has 2 saturated heterocycles. The Bertz CT molecular complexity index is 1680. The standard InChI is InChI=1S/C27H30ClN7O3S2/c1-40(37,38)18-8-9-21(19(28)15-18)34-11-13-35(14-12-34)27-32-24(30-17-5-4-10-29-16-17)23(25(36)33-27)26-31-20-6-2-3-7-22(20)39-26/h2-3,6-9,15,17,29H,4-5,10-14,16H2,1H3,(H2,30,32,33,36). The summed E-state index contributed by atoms with van der Waals surface area (Å²) in [6.07, 6.45) is 3.22. The molecule has 3 N–H and O–H groups in total. The maximum Gasteiger partial charge on any atom is 0.264 e. The molecule has 13 heteroatoms. The first kappa shape index (κ1) is 27.0. The highest BCUT2D eigenvalue weighted by atomic mass is 35.5. The Labute approximate surface area is 241 Å². The fourth-order valence-electron chi connectivity index (χ4n) is 5.20. The van der Waals surface area contributed by atoms with Crippen LogP contribution in [-0.4, -0.2) is 74.9 Å². The number of nitrogens with zero attached hydrogens (tertiary/aromatic N) is 4. The van der Waals surface area contributed by atoms with Crippen molar-refractivity contribution in [1.29, 1.82) is 0 Å². The Balaban J connectivity index is 1.27. The Kier molecular flexibility index (Phi) is 7.43. The summed E-state index contributed by atoms with van der Waals surface area (Å²) < 4.78 is 24.8. The number of halogens is 1. The normalized spacial score (nSPS) is 18.3. The van der Waals surface area contributed by atoms with Crippen molar-refractivity contribution in [2.24, 2.45) is 0 Å². The van der Waals surface area contributed by atoms with Gasteiger partial charge in [-0.25, -0.2) is 13.4 Å². The van der Waals surface area contributed by atoms with E-state index in [0.717, 1.165) is 41.8 Å². The van der Waals surface area contributed by atoms with Crippen molar-refractivity contribution >= 4 is 60.4 Å². The van der Waals surface area contributed by atoms with Crippen molar-refractivity contribution in [3.8, 4) is 10.6 Å². The van der Waals surface area contributed by atoms with E-state index in [1.807, 2.05) is 24.3 Å². The predicted molar refractivity (Wildman–Crippen MR) is 162 cm³/mol. The zero-order valence-corrected chi connectivity index (χ0v) is 24.4. The SMILES string of the molecule is CS(=O)(=O)c1ccc(N2CCN(c3nc(NC4CCCNC4)c(-c4nc5ccccc5s4)c(=O)[nH]3)CC2)c(Cl)c1. The zero-order valence-electron chi connectivity index (χ0n) is 22.0. The van der Waals surface area contributed by atoms with Gasteiger partial charge in [0.2, 0.25) is 5.95 Å². The molecule has 0 amide bonds. The van der Waals surface area contributed by atoms with Gasteiger partial charge in [-0.3, -0.25) is 9.78 Å². The molecule has 2 aromatic carbocycles. The average Bonchev–Trinajstić information content (AvgIpc) is 3.37. The lowest BCUT2D eigenvalue weighted by Gasteiger charge is -2.37. The molecular weight excluding hydrogens is 570 g/mol. The number of piperidine rings is 1. The van der Waals surface area contributed by atoms with Crippen molar-refractivity contribution in [1.82, 2.24) is 20.3 Å². The molecule has 2 fully saturated rings. The van der Waals surface area contributed by atoms with Crippen LogP contribution in [0.15, 0.2) is 52.2 Å². The van der Waals surface area contributed by atoms with E-state index in [9.17, 15) is 13.2 Å². The van der Waals surface area contributed by atoms with E-state index in [2.05, 4.69) is 25.4 Å². The molecule has 10 nitrogen and oxygen atoms in total. The van der Waals surface area contributed by atoms with Gasteiger partial charge in [0.05, 0.1) is 25.8 Å². The summed E-state index contributed by atoms with van der Waals surface area (Å²) in [5.41, 5.74) is 1.88. The summed E-state index contributed by atoms with van der Waals surface area (Å²) in [7, 11) is -3.33. The fraction of sp³-hybridized carbons (Fsp3) is 0.370. The molecule has 1 atom stereocenters. The molecule has 0 radical (unpaired) electrons. The number of aromatic amines is 1. The van der Waals surface area contributed by atoms with E-state index < -0.39 is 9.84 Å². The number of aromatic nitrogens is 3. The van der Waals surface area contributed by atoms with Crippen LogP contribution >= 0.6 is 22.9 Å². The summed E-state index contributed by atoms with van der Waals surface area (Å²) in [4.78, 5) is 30.6. The molecule has 4 aromatic rings. The van der Waals surface area contributed by atoms with Crippen LogP contribution in [0.25, 0.3) is 20.8 Å². The molecule has 1 unspecified atom stereocenters. The van der Waals surface area contributed by atoms with E-state index in [1.54, 1.807) is 12.1 Å². The topological polar surface area (TPSA) is 123 Å². The number of nitrogens with one attached hydrogen (secondary N) is 3. The van der Waals surface area contributed by atoms with Gasteiger partial charge in [-0.1, -0.05) is 23.7 Å². The van der Waals surface area contributed by atoms with Gasteiger partial charge in [-0.2, -0.15) is 4.98 Å². The van der Waals surface area contributed by atoms with Crippen molar-refractivity contribution in [2.45, 2.75) is 23.8 Å². The summed E-state index contributed by atoms with van der Waals surface area (Å²) in [6.45, 7) is 4.28. The third-order valence-corrected chi connectivity index (χ3v) is 9.79. The number of anilines is 3. The largest absolute Gasteiger partial charge is 0.367 e. The number of para-hydroxylation sites is 1. The van der Waals surface area contributed by atoms with Crippen LogP contribution in [0.3, 0.4) is 0 Å². The van der Waals surface area contributed by atoms with E-state index in [-0.39, 0.29) is 16.5 Å². The van der Waals surface area contributed by atoms with Gasteiger partial charge in [0.1, 0.15) is 16.4 Å². The number of hydrogen-bond acceptors (Lipinski definition) is 10. The molecular formula is C27H30ClN7O3S2. The van der Waals surface area contributed by atoms with E-state index in [0.29, 0.717) is 53.5 Å². The predicted octanol–water partition coefficient (Wildman–Crippen LogP) is 3.59. The van der Waals surface area contributed by atoms with Crippen molar-refractivity contribution in [2.75, 3.05) is 60.6 Å². The van der Waals surface area contributed by atoms with E-state index in [4.69, 9.17) is 21.6 Å². The number of benzene rings is 2. The summed E-state index contributed by atoms with van der Waals surface area (Å²) in [5.74, 6) is 1.06. The molecule has 0 saturated carbocycles. The third kappa shape index (κ3) is 5.53. The maximum absolute atomic E-state index is 13.6. The number of sulfone groups is 1. The van der Waals surface area contributed by atoms with Crippen LogP contribution in [0, 0.1) is 0 Å². The fourth-order valence-corrected chi connectivity index (χ4v) is 7.22. The summed E-state index contributed by atoms with van der Waals surface area (Å²) >= 11 is 7.95. The molecule has 40 heavy (non-hydrogen) atoms. The lowest BCUT2D eigenvalue weighted by Crippen LogP contribution is -2.47. The highest BCUT2D eigenvalue weighted by molar-refractivity contribution is 7.90. The van der Waals surface area contributed by atoms with Gasteiger partial charge in [-0.05, 0) is 49.7 Å². The minimum Gasteiger partial charge on any atom is -0.367 e. The molecule has 210 valence electrons. The van der Waals surface area contributed by atoms with Gasteiger partial charge in [0.25, 0.3) is 5.56 Å². The average molecular weight is 600 g/mol. The number of thiazole rings is 1. The molecule has 0 spiro atoms. The first-order valence-electron chi connectivity index (χ1n) is 13.2. The van der Waals surface area contributed by atoms with Crippen LogP contribution < -0.4 is 26.0 Å². The smallest absolute Gasteiger partial charge is 0.264 e. The molecule has 4 heterocycles. The second-order valence-corrected chi connectivity index (χ2v) is 13.6. The number of fused-ring (bicyclic) bond motifs is 1. The molecule has 2 aliphatic heterocycles. The van der Waals surface area contributed by atoms with Gasteiger partial charge in [0, 0.05) is 45.0 Å². The minimum absolute atomic E-state index is 0.165. The molecule has 2 aliphatic rings. The minimum atomic E-state index is -3.33. The van der Waals surface area contributed by atoms with Crippen LogP contribution in [0.2, 0.25) is 5.02 Å². The molecule has 2 aromatic heterocycles. The van der Waals surface area contributed by atoms with Crippen LogP contribution in [0.5, 0.6) is 0 Å². The molecule has 0 bridgehead atoms.